The zero-order valence-corrected chi connectivity index (χ0v) is 11.6. The fourth-order valence-corrected chi connectivity index (χ4v) is 2.62. The molecular formula is C14H24N4. The van der Waals surface area contributed by atoms with Crippen LogP contribution in [0.4, 0.5) is 5.82 Å². The molecule has 0 bridgehead atoms. The van der Waals surface area contributed by atoms with E-state index in [9.17, 15) is 0 Å². The molecule has 18 heavy (non-hydrogen) atoms. The Kier molecular flexibility index (Phi) is 4.19. The number of rotatable bonds is 4. The van der Waals surface area contributed by atoms with Gasteiger partial charge in [0.2, 0.25) is 0 Å². The largest absolute Gasteiger partial charge is 0.352 e. The summed E-state index contributed by atoms with van der Waals surface area (Å²) in [6, 6.07) is 4.79. The van der Waals surface area contributed by atoms with Crippen LogP contribution in [-0.4, -0.2) is 43.1 Å². The number of hydrogen-bond acceptors (Lipinski definition) is 4. The van der Waals surface area contributed by atoms with Gasteiger partial charge in [-0.25, -0.2) is 4.98 Å². The molecule has 1 aliphatic heterocycles. The second-order valence-corrected chi connectivity index (χ2v) is 5.49. The van der Waals surface area contributed by atoms with Gasteiger partial charge >= 0.3 is 0 Å². The van der Waals surface area contributed by atoms with Crippen molar-refractivity contribution in [2.24, 2.45) is 5.73 Å². The van der Waals surface area contributed by atoms with Gasteiger partial charge in [-0.15, -0.1) is 0 Å². The molecule has 2 heterocycles. The van der Waals surface area contributed by atoms with Crippen LogP contribution in [0.5, 0.6) is 0 Å². The Morgan fingerprint density at radius 2 is 2.33 bits per heavy atom. The third-order valence-corrected chi connectivity index (χ3v) is 3.54. The van der Waals surface area contributed by atoms with E-state index in [2.05, 4.69) is 34.9 Å². The molecule has 2 atom stereocenters. The molecule has 4 heteroatoms. The van der Waals surface area contributed by atoms with Gasteiger partial charge in [-0.05, 0) is 51.6 Å². The average Bonchev–Trinajstić information content (AvgIpc) is 2.76. The predicted molar refractivity (Wildman–Crippen MR) is 75.8 cm³/mol. The molecule has 0 amide bonds. The first-order valence-electron chi connectivity index (χ1n) is 6.71. The highest BCUT2D eigenvalue weighted by molar-refractivity contribution is 5.44. The molecule has 1 fully saturated rings. The zero-order chi connectivity index (χ0) is 13.1. The second kappa shape index (κ2) is 5.67. The van der Waals surface area contributed by atoms with Crippen molar-refractivity contribution in [3.05, 3.63) is 23.9 Å². The quantitative estimate of drug-likeness (QED) is 0.879. The maximum atomic E-state index is 5.94. The lowest BCUT2D eigenvalue weighted by molar-refractivity contribution is 0.371. The molecule has 1 aromatic rings. The van der Waals surface area contributed by atoms with E-state index < -0.39 is 0 Å². The lowest BCUT2D eigenvalue weighted by atomic mass is 10.1. The Hall–Kier alpha value is -1.13. The van der Waals surface area contributed by atoms with Crippen LogP contribution in [0.2, 0.25) is 0 Å². The molecule has 2 rings (SSSR count). The normalized spacial score (nSPS) is 21.6. The van der Waals surface area contributed by atoms with Crippen LogP contribution in [0, 0.1) is 0 Å². The molecule has 0 radical (unpaired) electrons. The van der Waals surface area contributed by atoms with Crippen molar-refractivity contribution in [3.63, 3.8) is 0 Å². The molecule has 1 aliphatic rings. The van der Waals surface area contributed by atoms with Gasteiger partial charge in [-0.3, -0.25) is 0 Å². The Bertz CT molecular complexity index is 389. The molecule has 100 valence electrons. The highest BCUT2D eigenvalue weighted by Gasteiger charge is 2.26. The van der Waals surface area contributed by atoms with Gasteiger partial charge < -0.3 is 15.5 Å². The summed E-state index contributed by atoms with van der Waals surface area (Å²) in [5.41, 5.74) is 7.10. The van der Waals surface area contributed by atoms with Gasteiger partial charge in [0.15, 0.2) is 0 Å². The van der Waals surface area contributed by atoms with Gasteiger partial charge in [0, 0.05) is 31.4 Å². The Morgan fingerprint density at radius 3 is 3.00 bits per heavy atom. The summed E-state index contributed by atoms with van der Waals surface area (Å²) in [5.74, 6) is 1.08. The molecule has 1 aromatic heterocycles. The van der Waals surface area contributed by atoms with Gasteiger partial charge in [-0.1, -0.05) is 0 Å². The maximum Gasteiger partial charge on any atom is 0.129 e. The Morgan fingerprint density at radius 1 is 1.56 bits per heavy atom. The number of anilines is 1. The highest BCUT2D eigenvalue weighted by Crippen LogP contribution is 2.25. The number of likely N-dealkylation sites (N-methyl/N-ethyl adjacent to an activating group) is 1. The summed E-state index contributed by atoms with van der Waals surface area (Å²) in [7, 11) is 4.25. The van der Waals surface area contributed by atoms with Gasteiger partial charge in [-0.2, -0.15) is 0 Å². The number of nitrogens with two attached hydrogens (primary N) is 1. The number of nitrogens with zero attached hydrogens (tertiary/aromatic N) is 3. The first-order valence-corrected chi connectivity index (χ1v) is 6.71. The fraction of sp³-hybridized carbons (Fsp3) is 0.643. The van der Waals surface area contributed by atoms with Crippen molar-refractivity contribution in [2.45, 2.75) is 31.8 Å². The topological polar surface area (TPSA) is 45.4 Å². The highest BCUT2D eigenvalue weighted by atomic mass is 15.3. The average molecular weight is 248 g/mol. The third kappa shape index (κ3) is 3.00. The minimum absolute atomic E-state index is 0.0710. The van der Waals surface area contributed by atoms with Crippen molar-refractivity contribution in [2.75, 3.05) is 32.1 Å². The van der Waals surface area contributed by atoms with Crippen molar-refractivity contribution in [1.82, 2.24) is 9.88 Å². The van der Waals surface area contributed by atoms with Crippen LogP contribution < -0.4 is 10.6 Å². The molecule has 4 nitrogen and oxygen atoms in total. The summed E-state index contributed by atoms with van der Waals surface area (Å²) in [5, 5.41) is 0. The molecule has 1 saturated heterocycles. The van der Waals surface area contributed by atoms with Crippen LogP contribution >= 0.6 is 0 Å². The maximum absolute atomic E-state index is 5.94. The molecule has 2 N–H and O–H groups in total. The Labute approximate surface area is 110 Å². The summed E-state index contributed by atoms with van der Waals surface area (Å²) in [6.45, 7) is 4.21. The first kappa shape index (κ1) is 13.3. The monoisotopic (exact) mass is 248 g/mol. The van der Waals surface area contributed by atoms with E-state index in [-0.39, 0.29) is 6.04 Å². The van der Waals surface area contributed by atoms with E-state index in [1.807, 2.05) is 19.2 Å². The van der Waals surface area contributed by atoms with E-state index in [1.54, 1.807) is 0 Å². The minimum Gasteiger partial charge on any atom is -0.352 e. The van der Waals surface area contributed by atoms with E-state index in [4.69, 9.17) is 5.73 Å². The van der Waals surface area contributed by atoms with Gasteiger partial charge in [0.1, 0.15) is 5.82 Å². The number of pyridine rings is 1. The van der Waals surface area contributed by atoms with Crippen LogP contribution in [-0.2, 0) is 0 Å². The fourth-order valence-electron chi connectivity index (χ4n) is 2.62. The van der Waals surface area contributed by atoms with Gasteiger partial charge in [0.05, 0.1) is 0 Å². The number of aromatic nitrogens is 1. The third-order valence-electron chi connectivity index (χ3n) is 3.54. The van der Waals surface area contributed by atoms with Crippen molar-refractivity contribution in [3.8, 4) is 0 Å². The van der Waals surface area contributed by atoms with Crippen molar-refractivity contribution in [1.29, 1.82) is 0 Å². The predicted octanol–water partition coefficient (Wildman–Crippen LogP) is 1.63. The minimum atomic E-state index is 0.0710. The smallest absolute Gasteiger partial charge is 0.129 e. The molecule has 0 saturated carbocycles. The lowest BCUT2D eigenvalue weighted by Crippen LogP contribution is -2.38. The van der Waals surface area contributed by atoms with Crippen molar-refractivity contribution >= 4 is 5.82 Å². The second-order valence-electron chi connectivity index (χ2n) is 5.49. The summed E-state index contributed by atoms with van der Waals surface area (Å²) in [6.07, 6.45) is 4.38. The van der Waals surface area contributed by atoms with Crippen LogP contribution in [0.1, 0.15) is 31.4 Å². The summed E-state index contributed by atoms with van der Waals surface area (Å²) in [4.78, 5) is 9.18. The lowest BCUT2D eigenvalue weighted by Gasteiger charge is -2.28. The molecule has 1 unspecified atom stereocenters. The standard InChI is InChI=1S/C14H24N4/c1-11(15)12-6-7-16-14(9-12)18-8-4-5-13(18)10-17(2)3/h6-7,9,11,13H,4-5,8,10,15H2,1-3H3/t11-,13?/m0/s1. The first-order chi connectivity index (χ1) is 8.58. The van der Waals surface area contributed by atoms with E-state index in [1.165, 1.54) is 12.8 Å². The van der Waals surface area contributed by atoms with Crippen molar-refractivity contribution < 1.29 is 0 Å². The molecule has 0 aromatic carbocycles. The molecular weight excluding hydrogens is 224 g/mol. The van der Waals surface area contributed by atoms with E-state index in [0.29, 0.717) is 6.04 Å². The SMILES string of the molecule is C[C@H](N)c1ccnc(N2CCCC2CN(C)C)c1. The molecule has 0 aliphatic carbocycles. The summed E-state index contributed by atoms with van der Waals surface area (Å²) < 4.78 is 0. The summed E-state index contributed by atoms with van der Waals surface area (Å²) >= 11 is 0. The van der Waals surface area contributed by atoms with Crippen LogP contribution in [0.15, 0.2) is 18.3 Å². The van der Waals surface area contributed by atoms with E-state index in [0.717, 1.165) is 24.5 Å². The number of hydrogen-bond donors (Lipinski definition) is 1. The Balaban J connectivity index is 2.16. The van der Waals surface area contributed by atoms with Gasteiger partial charge in [0.25, 0.3) is 0 Å². The van der Waals surface area contributed by atoms with E-state index >= 15 is 0 Å². The van der Waals surface area contributed by atoms with Crippen LogP contribution in [0.3, 0.4) is 0 Å². The molecule has 0 spiro atoms. The van der Waals surface area contributed by atoms with Crippen LogP contribution in [0.25, 0.3) is 0 Å². The zero-order valence-electron chi connectivity index (χ0n) is 11.6.